The topological polar surface area (TPSA) is 61.4 Å². The van der Waals surface area contributed by atoms with Gasteiger partial charge < -0.3 is 15.7 Å². The van der Waals surface area contributed by atoms with Gasteiger partial charge in [-0.2, -0.15) is 0 Å². The minimum absolute atomic E-state index is 0.199. The van der Waals surface area contributed by atoms with Crippen molar-refractivity contribution in [2.24, 2.45) is 5.92 Å². The number of benzene rings is 1. The average Bonchev–Trinajstić information content (AvgIpc) is 2.76. The van der Waals surface area contributed by atoms with E-state index in [4.69, 9.17) is 0 Å². The molecule has 1 aromatic rings. The zero-order valence-corrected chi connectivity index (χ0v) is 11.6. The van der Waals surface area contributed by atoms with Crippen LogP contribution in [0, 0.1) is 19.8 Å². The van der Waals surface area contributed by atoms with Crippen LogP contribution in [0.1, 0.15) is 30.4 Å². The van der Waals surface area contributed by atoms with Gasteiger partial charge in [-0.3, -0.25) is 0 Å². The number of nitrogens with one attached hydrogen (secondary N) is 2. The number of rotatable bonds is 3. The molecule has 2 amide bonds. The molecule has 0 aromatic heterocycles. The zero-order valence-electron chi connectivity index (χ0n) is 11.6. The Morgan fingerprint density at radius 2 is 2.16 bits per heavy atom. The summed E-state index contributed by atoms with van der Waals surface area (Å²) in [5.41, 5.74) is 3.06. The molecule has 0 unspecified atom stereocenters. The highest BCUT2D eigenvalue weighted by atomic mass is 16.3. The lowest BCUT2D eigenvalue weighted by Crippen LogP contribution is -2.35. The van der Waals surface area contributed by atoms with Gasteiger partial charge in [0.05, 0.1) is 6.10 Å². The number of aryl methyl sites for hydroxylation is 2. The Labute approximate surface area is 114 Å². The Morgan fingerprint density at radius 3 is 2.79 bits per heavy atom. The maximum atomic E-state index is 11.8. The molecule has 3 N–H and O–H groups in total. The Kier molecular flexibility index (Phi) is 4.43. The van der Waals surface area contributed by atoms with Gasteiger partial charge in [-0.1, -0.05) is 24.1 Å². The summed E-state index contributed by atoms with van der Waals surface area (Å²) < 4.78 is 0. The van der Waals surface area contributed by atoms with E-state index in [2.05, 4.69) is 10.6 Å². The Morgan fingerprint density at radius 1 is 1.37 bits per heavy atom. The Balaban J connectivity index is 1.84. The largest absolute Gasteiger partial charge is 0.393 e. The summed E-state index contributed by atoms with van der Waals surface area (Å²) in [4.78, 5) is 11.8. The number of urea groups is 1. The van der Waals surface area contributed by atoms with E-state index in [0.717, 1.165) is 30.5 Å². The molecule has 19 heavy (non-hydrogen) atoms. The van der Waals surface area contributed by atoms with E-state index in [1.54, 1.807) is 0 Å². The van der Waals surface area contributed by atoms with E-state index >= 15 is 0 Å². The van der Waals surface area contributed by atoms with E-state index in [-0.39, 0.29) is 18.1 Å². The number of anilines is 1. The van der Waals surface area contributed by atoms with Gasteiger partial charge in [0.1, 0.15) is 0 Å². The van der Waals surface area contributed by atoms with Gasteiger partial charge in [0, 0.05) is 18.2 Å². The molecule has 104 valence electrons. The van der Waals surface area contributed by atoms with Crippen molar-refractivity contribution in [1.82, 2.24) is 5.32 Å². The predicted molar refractivity (Wildman–Crippen MR) is 76.3 cm³/mol. The zero-order chi connectivity index (χ0) is 13.8. The van der Waals surface area contributed by atoms with Crippen molar-refractivity contribution < 1.29 is 9.90 Å². The number of aliphatic hydroxyl groups is 1. The maximum absolute atomic E-state index is 11.8. The molecule has 1 fully saturated rings. The van der Waals surface area contributed by atoms with Crippen LogP contribution < -0.4 is 10.6 Å². The fraction of sp³-hybridized carbons (Fsp3) is 0.533. The standard InChI is InChI=1S/C15H22N2O2/c1-10-6-7-13(11(2)8-10)17-15(19)16-9-12-4-3-5-14(12)18/h6-8,12,14,18H,3-5,9H2,1-2H3,(H2,16,17,19)/t12-,14-/m1/s1. The molecule has 4 nitrogen and oxygen atoms in total. The third-order valence-corrected chi connectivity index (χ3v) is 3.77. The first kappa shape index (κ1) is 13.9. The monoisotopic (exact) mass is 262 g/mol. The molecule has 1 aromatic carbocycles. The molecule has 4 heteroatoms. The third kappa shape index (κ3) is 3.70. The Hall–Kier alpha value is -1.55. The molecule has 1 aliphatic carbocycles. The van der Waals surface area contributed by atoms with Gasteiger partial charge in [-0.15, -0.1) is 0 Å². The summed E-state index contributed by atoms with van der Waals surface area (Å²) in [7, 11) is 0. The molecular formula is C15H22N2O2. The number of carbonyl (C=O) groups excluding carboxylic acids is 1. The summed E-state index contributed by atoms with van der Waals surface area (Å²) >= 11 is 0. The average molecular weight is 262 g/mol. The van der Waals surface area contributed by atoms with Crippen LogP contribution in [0.2, 0.25) is 0 Å². The summed E-state index contributed by atoms with van der Waals surface area (Å²) in [6, 6.07) is 5.72. The highest BCUT2D eigenvalue weighted by molar-refractivity contribution is 5.90. The van der Waals surface area contributed by atoms with Gasteiger partial charge >= 0.3 is 6.03 Å². The van der Waals surface area contributed by atoms with Crippen LogP contribution in [0.15, 0.2) is 18.2 Å². The first-order valence-corrected chi connectivity index (χ1v) is 6.86. The van der Waals surface area contributed by atoms with E-state index < -0.39 is 0 Å². The predicted octanol–water partition coefficient (Wildman–Crippen LogP) is 2.59. The number of amides is 2. The minimum atomic E-state index is -0.263. The molecule has 0 heterocycles. The molecule has 2 atom stereocenters. The van der Waals surface area contributed by atoms with Gasteiger partial charge in [0.15, 0.2) is 0 Å². The van der Waals surface area contributed by atoms with Crippen molar-refractivity contribution in [3.8, 4) is 0 Å². The van der Waals surface area contributed by atoms with Crippen LogP contribution in [0.3, 0.4) is 0 Å². The van der Waals surface area contributed by atoms with E-state index in [9.17, 15) is 9.90 Å². The minimum Gasteiger partial charge on any atom is -0.393 e. The molecule has 0 saturated heterocycles. The second-order valence-corrected chi connectivity index (χ2v) is 5.41. The number of carbonyl (C=O) groups is 1. The van der Waals surface area contributed by atoms with E-state index in [1.807, 2.05) is 32.0 Å². The number of hydrogen-bond donors (Lipinski definition) is 3. The van der Waals surface area contributed by atoms with Crippen LogP contribution in [0.25, 0.3) is 0 Å². The molecule has 0 bridgehead atoms. The van der Waals surface area contributed by atoms with Crippen molar-refractivity contribution in [2.75, 3.05) is 11.9 Å². The van der Waals surface area contributed by atoms with Crippen molar-refractivity contribution in [1.29, 1.82) is 0 Å². The fourth-order valence-electron chi connectivity index (χ4n) is 2.60. The summed E-state index contributed by atoms with van der Waals surface area (Å²) in [5, 5.41) is 15.4. The van der Waals surface area contributed by atoms with E-state index in [1.165, 1.54) is 5.56 Å². The summed E-state index contributed by atoms with van der Waals surface area (Å²) in [5.74, 6) is 0.199. The van der Waals surface area contributed by atoms with Crippen LogP contribution in [-0.4, -0.2) is 23.8 Å². The molecule has 2 rings (SSSR count). The smallest absolute Gasteiger partial charge is 0.319 e. The quantitative estimate of drug-likeness (QED) is 0.784. The lowest BCUT2D eigenvalue weighted by molar-refractivity contribution is 0.133. The van der Waals surface area contributed by atoms with Crippen molar-refractivity contribution in [2.45, 2.75) is 39.2 Å². The maximum Gasteiger partial charge on any atom is 0.319 e. The number of hydrogen-bond acceptors (Lipinski definition) is 2. The van der Waals surface area contributed by atoms with E-state index in [0.29, 0.717) is 6.54 Å². The van der Waals surface area contributed by atoms with Gasteiger partial charge in [-0.05, 0) is 38.3 Å². The van der Waals surface area contributed by atoms with Crippen LogP contribution in [0.5, 0.6) is 0 Å². The molecule has 0 spiro atoms. The molecule has 0 radical (unpaired) electrons. The normalized spacial score (nSPS) is 22.3. The molecule has 1 saturated carbocycles. The summed E-state index contributed by atoms with van der Waals surface area (Å²) in [6.45, 7) is 4.54. The molecule has 0 aliphatic heterocycles. The van der Waals surface area contributed by atoms with Crippen LogP contribution in [0.4, 0.5) is 10.5 Å². The lowest BCUT2D eigenvalue weighted by atomic mass is 10.1. The molecular weight excluding hydrogens is 240 g/mol. The van der Waals surface area contributed by atoms with Crippen molar-refractivity contribution in [3.63, 3.8) is 0 Å². The van der Waals surface area contributed by atoms with Gasteiger partial charge in [0.25, 0.3) is 0 Å². The lowest BCUT2D eigenvalue weighted by Gasteiger charge is -2.16. The number of aliphatic hydroxyl groups excluding tert-OH is 1. The SMILES string of the molecule is Cc1ccc(NC(=O)NC[C@H]2CCC[C@H]2O)c(C)c1. The van der Waals surface area contributed by atoms with Gasteiger partial charge in [-0.25, -0.2) is 4.79 Å². The molecule has 1 aliphatic rings. The van der Waals surface area contributed by atoms with Crippen molar-refractivity contribution in [3.05, 3.63) is 29.3 Å². The highest BCUT2D eigenvalue weighted by Gasteiger charge is 2.25. The van der Waals surface area contributed by atoms with Crippen molar-refractivity contribution >= 4 is 11.7 Å². The van der Waals surface area contributed by atoms with Crippen LogP contribution in [-0.2, 0) is 0 Å². The second kappa shape index (κ2) is 6.06. The first-order valence-electron chi connectivity index (χ1n) is 6.86. The highest BCUT2D eigenvalue weighted by Crippen LogP contribution is 2.24. The first-order chi connectivity index (χ1) is 9.06. The summed E-state index contributed by atoms with van der Waals surface area (Å²) in [6.07, 6.45) is 2.63. The fourth-order valence-corrected chi connectivity index (χ4v) is 2.60. The second-order valence-electron chi connectivity index (χ2n) is 5.41. The Bertz CT molecular complexity index is 459. The van der Waals surface area contributed by atoms with Crippen LogP contribution >= 0.6 is 0 Å². The third-order valence-electron chi connectivity index (χ3n) is 3.77. The van der Waals surface area contributed by atoms with Gasteiger partial charge in [0.2, 0.25) is 0 Å².